The Balaban J connectivity index is 1.41. The van der Waals surface area contributed by atoms with Crippen molar-refractivity contribution in [1.29, 1.82) is 0 Å². The van der Waals surface area contributed by atoms with E-state index >= 15 is 0 Å². The number of para-hydroxylation sites is 1. The van der Waals surface area contributed by atoms with Gasteiger partial charge in [0.25, 0.3) is 11.8 Å². The van der Waals surface area contributed by atoms with E-state index in [4.69, 9.17) is 4.74 Å². The van der Waals surface area contributed by atoms with E-state index in [-0.39, 0.29) is 24.5 Å². The third-order valence-electron chi connectivity index (χ3n) is 6.17. The van der Waals surface area contributed by atoms with Crippen molar-refractivity contribution in [2.24, 2.45) is 0 Å². The minimum atomic E-state index is -0.241. The SMILES string of the molecule is O=C(COc1ccc2c(c1)C(c1ccccc1)N(C(=O)c1ccccc1)CC2)Nc1ccccc1. The molecule has 4 aromatic rings. The van der Waals surface area contributed by atoms with Gasteiger partial charge >= 0.3 is 0 Å². The summed E-state index contributed by atoms with van der Waals surface area (Å²) in [6.45, 7) is 0.524. The predicted octanol–water partition coefficient (Wildman–Crippen LogP) is 5.49. The second-order valence-electron chi connectivity index (χ2n) is 8.49. The van der Waals surface area contributed by atoms with Crippen LogP contribution in [-0.2, 0) is 11.2 Å². The first kappa shape index (κ1) is 22.4. The maximum atomic E-state index is 13.5. The molecule has 1 unspecified atom stereocenters. The molecule has 2 amide bonds. The predicted molar refractivity (Wildman–Crippen MR) is 136 cm³/mol. The lowest BCUT2D eigenvalue weighted by atomic mass is 9.87. The first-order valence-corrected chi connectivity index (χ1v) is 11.7. The van der Waals surface area contributed by atoms with E-state index < -0.39 is 0 Å². The summed E-state index contributed by atoms with van der Waals surface area (Å²) in [4.78, 5) is 27.8. The summed E-state index contributed by atoms with van der Waals surface area (Å²) in [7, 11) is 0. The summed E-state index contributed by atoms with van der Waals surface area (Å²) in [5, 5.41) is 2.83. The fraction of sp³-hybridized carbons (Fsp3) is 0.133. The number of nitrogens with zero attached hydrogens (tertiary/aromatic N) is 1. The fourth-order valence-electron chi connectivity index (χ4n) is 4.51. The third-order valence-corrected chi connectivity index (χ3v) is 6.17. The highest BCUT2D eigenvalue weighted by Crippen LogP contribution is 2.38. The molecule has 0 spiro atoms. The summed E-state index contributed by atoms with van der Waals surface area (Å²) in [6.07, 6.45) is 0.756. The van der Waals surface area contributed by atoms with E-state index in [9.17, 15) is 9.59 Å². The lowest BCUT2D eigenvalue weighted by Crippen LogP contribution is -2.40. The van der Waals surface area contributed by atoms with E-state index in [1.807, 2.05) is 114 Å². The van der Waals surface area contributed by atoms with E-state index in [0.717, 1.165) is 23.2 Å². The molecule has 35 heavy (non-hydrogen) atoms. The van der Waals surface area contributed by atoms with E-state index in [0.29, 0.717) is 17.9 Å². The molecule has 0 fully saturated rings. The Bertz CT molecular complexity index is 1310. The van der Waals surface area contributed by atoms with Gasteiger partial charge in [-0.3, -0.25) is 9.59 Å². The van der Waals surface area contributed by atoms with Gasteiger partial charge in [0.1, 0.15) is 5.75 Å². The molecule has 1 aliphatic rings. The molecule has 0 aliphatic carbocycles. The first-order chi connectivity index (χ1) is 17.2. The number of anilines is 1. The van der Waals surface area contributed by atoms with Crippen LogP contribution in [0.3, 0.4) is 0 Å². The highest BCUT2D eigenvalue weighted by atomic mass is 16.5. The molecule has 5 rings (SSSR count). The van der Waals surface area contributed by atoms with Gasteiger partial charge < -0.3 is 15.0 Å². The standard InChI is InChI=1S/C30H26N2O3/c33-28(31-25-14-8-3-9-15-25)21-35-26-17-16-22-18-19-32(30(34)24-12-6-2-7-13-24)29(27(22)20-26)23-10-4-1-5-11-23/h1-17,20,29H,18-19,21H2,(H,31,33). The third kappa shape index (κ3) is 5.09. The van der Waals surface area contributed by atoms with Gasteiger partial charge in [-0.25, -0.2) is 0 Å². The summed E-state index contributed by atoms with van der Waals surface area (Å²) >= 11 is 0. The monoisotopic (exact) mass is 462 g/mol. The van der Waals surface area contributed by atoms with E-state index in [2.05, 4.69) is 5.32 Å². The lowest BCUT2D eigenvalue weighted by molar-refractivity contribution is -0.118. The minimum absolute atomic E-state index is 0.00124. The molecule has 5 heteroatoms. The molecule has 1 aliphatic heterocycles. The van der Waals surface area contributed by atoms with Gasteiger partial charge in [-0.15, -0.1) is 0 Å². The van der Waals surface area contributed by atoms with Gasteiger partial charge in [-0.05, 0) is 59.5 Å². The van der Waals surface area contributed by atoms with Crippen LogP contribution in [0.1, 0.15) is 33.1 Å². The molecule has 174 valence electrons. The molecule has 5 nitrogen and oxygen atoms in total. The van der Waals surface area contributed by atoms with Crippen molar-refractivity contribution in [2.75, 3.05) is 18.5 Å². The summed E-state index contributed by atoms with van der Waals surface area (Å²) in [5.41, 5.74) is 4.63. The average Bonchev–Trinajstić information content (AvgIpc) is 2.92. The van der Waals surface area contributed by atoms with Crippen LogP contribution in [0, 0.1) is 0 Å². The van der Waals surface area contributed by atoms with Crippen molar-refractivity contribution < 1.29 is 14.3 Å². The molecular weight excluding hydrogens is 436 g/mol. The van der Waals surface area contributed by atoms with Crippen molar-refractivity contribution in [3.05, 3.63) is 131 Å². The molecule has 0 saturated carbocycles. The van der Waals surface area contributed by atoms with Gasteiger partial charge in [0.15, 0.2) is 6.61 Å². The van der Waals surface area contributed by atoms with Crippen LogP contribution >= 0.6 is 0 Å². The number of carbonyl (C=O) groups is 2. The van der Waals surface area contributed by atoms with E-state index in [1.54, 1.807) is 0 Å². The van der Waals surface area contributed by atoms with E-state index in [1.165, 1.54) is 5.56 Å². The smallest absolute Gasteiger partial charge is 0.262 e. The summed E-state index contributed by atoms with van der Waals surface area (Å²) < 4.78 is 5.86. The fourth-order valence-corrected chi connectivity index (χ4v) is 4.51. The number of hydrogen-bond donors (Lipinski definition) is 1. The highest BCUT2D eigenvalue weighted by molar-refractivity contribution is 5.95. The number of ether oxygens (including phenoxy) is 1. The maximum absolute atomic E-state index is 13.5. The molecule has 1 atom stereocenters. The Morgan fingerprint density at radius 1 is 0.829 bits per heavy atom. The number of fused-ring (bicyclic) bond motifs is 1. The van der Waals surface area contributed by atoms with Crippen LogP contribution in [0.15, 0.2) is 109 Å². The van der Waals surface area contributed by atoms with Crippen molar-refractivity contribution in [3.63, 3.8) is 0 Å². The molecule has 1 heterocycles. The molecule has 0 aromatic heterocycles. The Labute approximate surface area is 205 Å². The largest absolute Gasteiger partial charge is 0.484 e. The van der Waals surface area contributed by atoms with Crippen LogP contribution in [0.25, 0.3) is 0 Å². The van der Waals surface area contributed by atoms with Gasteiger partial charge in [-0.1, -0.05) is 72.8 Å². The summed E-state index contributed by atoms with van der Waals surface area (Å²) in [6, 6.07) is 34.4. The Morgan fingerprint density at radius 3 is 2.20 bits per heavy atom. The molecule has 1 N–H and O–H groups in total. The molecular formula is C30H26N2O3. The summed E-state index contributed by atoms with van der Waals surface area (Å²) in [5.74, 6) is 0.370. The zero-order valence-corrected chi connectivity index (χ0v) is 19.3. The van der Waals surface area contributed by atoms with Crippen LogP contribution in [0.4, 0.5) is 5.69 Å². The van der Waals surface area contributed by atoms with Crippen molar-refractivity contribution >= 4 is 17.5 Å². The minimum Gasteiger partial charge on any atom is -0.484 e. The molecule has 0 bridgehead atoms. The number of amides is 2. The maximum Gasteiger partial charge on any atom is 0.262 e. The number of hydrogen-bond acceptors (Lipinski definition) is 3. The number of carbonyl (C=O) groups excluding carboxylic acids is 2. The lowest BCUT2D eigenvalue weighted by Gasteiger charge is -2.38. The molecule has 0 saturated heterocycles. The Kier molecular flexibility index (Phi) is 6.57. The second-order valence-corrected chi connectivity index (χ2v) is 8.49. The van der Waals surface area contributed by atoms with Crippen molar-refractivity contribution in [2.45, 2.75) is 12.5 Å². The van der Waals surface area contributed by atoms with Crippen LogP contribution in [0.5, 0.6) is 5.75 Å². The zero-order chi connectivity index (χ0) is 24.0. The van der Waals surface area contributed by atoms with Crippen LogP contribution < -0.4 is 10.1 Å². The van der Waals surface area contributed by atoms with Gasteiger partial charge in [0.05, 0.1) is 6.04 Å². The molecule has 0 radical (unpaired) electrons. The van der Waals surface area contributed by atoms with Gasteiger partial charge in [0.2, 0.25) is 0 Å². The van der Waals surface area contributed by atoms with Gasteiger partial charge in [-0.2, -0.15) is 0 Å². The number of rotatable bonds is 6. The van der Waals surface area contributed by atoms with Crippen LogP contribution in [-0.4, -0.2) is 29.9 Å². The molecule has 4 aromatic carbocycles. The number of benzene rings is 4. The van der Waals surface area contributed by atoms with Crippen molar-refractivity contribution in [3.8, 4) is 5.75 Å². The quantitative estimate of drug-likeness (QED) is 0.412. The van der Waals surface area contributed by atoms with Gasteiger partial charge in [0, 0.05) is 17.8 Å². The first-order valence-electron chi connectivity index (χ1n) is 11.7. The normalized spacial score (nSPS) is 14.6. The highest BCUT2D eigenvalue weighted by Gasteiger charge is 2.32. The second kappa shape index (κ2) is 10.3. The Morgan fingerprint density at radius 2 is 1.49 bits per heavy atom. The zero-order valence-electron chi connectivity index (χ0n) is 19.3. The topological polar surface area (TPSA) is 58.6 Å². The number of nitrogens with one attached hydrogen (secondary N) is 1. The van der Waals surface area contributed by atoms with Crippen molar-refractivity contribution in [1.82, 2.24) is 4.90 Å². The van der Waals surface area contributed by atoms with Crippen LogP contribution in [0.2, 0.25) is 0 Å². The Hall–Kier alpha value is -4.38. The average molecular weight is 463 g/mol.